The van der Waals surface area contributed by atoms with Gasteiger partial charge in [0, 0.05) is 0 Å². The van der Waals surface area contributed by atoms with Crippen LogP contribution in [0.4, 0.5) is 17.6 Å². The first kappa shape index (κ1) is 12.0. The Morgan fingerprint density at radius 1 is 1.27 bits per heavy atom. The van der Waals surface area contributed by atoms with E-state index in [0.717, 1.165) is 12.1 Å². The van der Waals surface area contributed by atoms with E-state index in [2.05, 4.69) is 0 Å². The molecule has 1 atom stereocenters. The van der Waals surface area contributed by atoms with Gasteiger partial charge in [-0.3, -0.25) is 0 Å². The van der Waals surface area contributed by atoms with Gasteiger partial charge in [0.1, 0.15) is 5.82 Å². The topological polar surface area (TPSA) is 20.2 Å². The normalized spacial score (nSPS) is 13.9. The number of aliphatic hydroxyl groups excluding tert-OH is 1. The SMILES string of the molecule is OCC(Cc1cccc(F)c1)C(F)(F)F. The molecule has 84 valence electrons. The summed E-state index contributed by atoms with van der Waals surface area (Å²) in [5, 5.41) is 8.58. The molecule has 0 radical (unpaired) electrons. The van der Waals surface area contributed by atoms with E-state index in [-0.39, 0.29) is 5.56 Å². The van der Waals surface area contributed by atoms with Gasteiger partial charge < -0.3 is 5.11 Å². The summed E-state index contributed by atoms with van der Waals surface area (Å²) in [6.45, 7) is -0.986. The van der Waals surface area contributed by atoms with Crippen molar-refractivity contribution in [3.63, 3.8) is 0 Å². The highest BCUT2D eigenvalue weighted by Gasteiger charge is 2.38. The predicted molar refractivity (Wildman–Crippen MR) is 46.7 cm³/mol. The molecule has 15 heavy (non-hydrogen) atoms. The predicted octanol–water partition coefficient (Wildman–Crippen LogP) is 2.54. The number of alkyl halides is 3. The maximum Gasteiger partial charge on any atom is 0.394 e. The van der Waals surface area contributed by atoms with Crippen LogP contribution in [0.3, 0.4) is 0 Å². The van der Waals surface area contributed by atoms with E-state index in [0.29, 0.717) is 0 Å². The van der Waals surface area contributed by atoms with Crippen molar-refractivity contribution in [3.8, 4) is 0 Å². The molecule has 1 unspecified atom stereocenters. The molecule has 5 heteroatoms. The van der Waals surface area contributed by atoms with E-state index in [1.165, 1.54) is 12.1 Å². The van der Waals surface area contributed by atoms with Crippen LogP contribution in [0.5, 0.6) is 0 Å². The van der Waals surface area contributed by atoms with E-state index in [1.54, 1.807) is 0 Å². The summed E-state index contributed by atoms with van der Waals surface area (Å²) < 4.78 is 49.4. The maximum absolute atomic E-state index is 12.7. The molecule has 0 spiro atoms. The average molecular weight is 222 g/mol. The van der Waals surface area contributed by atoms with Crippen molar-refractivity contribution in [1.82, 2.24) is 0 Å². The molecule has 0 aliphatic rings. The Morgan fingerprint density at radius 2 is 1.93 bits per heavy atom. The zero-order chi connectivity index (χ0) is 11.5. The molecule has 1 aromatic rings. The fourth-order valence-electron chi connectivity index (χ4n) is 1.23. The molecule has 0 fully saturated rings. The number of aliphatic hydroxyl groups is 1. The second kappa shape index (κ2) is 4.61. The lowest BCUT2D eigenvalue weighted by molar-refractivity contribution is -0.183. The fourth-order valence-corrected chi connectivity index (χ4v) is 1.23. The molecule has 0 saturated heterocycles. The van der Waals surface area contributed by atoms with Crippen LogP contribution in [0.15, 0.2) is 24.3 Å². The van der Waals surface area contributed by atoms with E-state index in [1.807, 2.05) is 0 Å². The molecular weight excluding hydrogens is 212 g/mol. The standard InChI is InChI=1S/C10H10F4O/c11-9-3-1-2-7(5-9)4-8(6-15)10(12,13)14/h1-3,5,8,15H,4,6H2. The lowest BCUT2D eigenvalue weighted by atomic mass is 10.00. The van der Waals surface area contributed by atoms with Gasteiger partial charge in [0.15, 0.2) is 0 Å². The van der Waals surface area contributed by atoms with E-state index < -0.39 is 30.9 Å². The Kier molecular flexibility index (Phi) is 3.68. The molecule has 1 N–H and O–H groups in total. The van der Waals surface area contributed by atoms with Crippen LogP contribution < -0.4 is 0 Å². The van der Waals surface area contributed by atoms with E-state index in [9.17, 15) is 17.6 Å². The van der Waals surface area contributed by atoms with Gasteiger partial charge in [0.2, 0.25) is 0 Å². The molecule has 0 aliphatic carbocycles. The summed E-state index contributed by atoms with van der Waals surface area (Å²) in [6, 6.07) is 4.94. The van der Waals surface area contributed by atoms with Crippen molar-refractivity contribution in [2.75, 3.05) is 6.61 Å². The van der Waals surface area contributed by atoms with Gasteiger partial charge >= 0.3 is 6.18 Å². The van der Waals surface area contributed by atoms with Crippen LogP contribution in [-0.2, 0) is 6.42 Å². The summed E-state index contributed by atoms with van der Waals surface area (Å²) in [4.78, 5) is 0. The largest absolute Gasteiger partial charge is 0.396 e. The van der Waals surface area contributed by atoms with Crippen LogP contribution in [0.25, 0.3) is 0 Å². The Hall–Kier alpha value is -1.10. The number of benzene rings is 1. The minimum atomic E-state index is -4.46. The number of rotatable bonds is 3. The third-order valence-electron chi connectivity index (χ3n) is 2.05. The highest BCUT2D eigenvalue weighted by Crippen LogP contribution is 2.28. The first-order chi connectivity index (χ1) is 6.93. The van der Waals surface area contributed by atoms with E-state index >= 15 is 0 Å². The monoisotopic (exact) mass is 222 g/mol. The lowest BCUT2D eigenvalue weighted by Gasteiger charge is -2.17. The molecular formula is C10H10F4O. The second-order valence-electron chi connectivity index (χ2n) is 3.26. The smallest absolute Gasteiger partial charge is 0.394 e. The molecule has 0 aromatic heterocycles. The van der Waals surface area contributed by atoms with Crippen molar-refractivity contribution in [2.45, 2.75) is 12.6 Å². The summed E-state index contributed by atoms with van der Waals surface area (Å²) in [6.07, 6.45) is -4.86. The van der Waals surface area contributed by atoms with Gasteiger partial charge in [-0.2, -0.15) is 13.2 Å². The fraction of sp³-hybridized carbons (Fsp3) is 0.400. The highest BCUT2D eigenvalue weighted by molar-refractivity contribution is 5.17. The van der Waals surface area contributed by atoms with Gasteiger partial charge in [-0.1, -0.05) is 12.1 Å². The quantitative estimate of drug-likeness (QED) is 0.779. The molecule has 1 aromatic carbocycles. The Morgan fingerprint density at radius 3 is 2.40 bits per heavy atom. The first-order valence-corrected chi connectivity index (χ1v) is 4.35. The second-order valence-corrected chi connectivity index (χ2v) is 3.26. The number of halogens is 4. The Balaban J connectivity index is 2.76. The van der Waals surface area contributed by atoms with Gasteiger partial charge in [0.25, 0.3) is 0 Å². The number of hydrogen-bond donors (Lipinski definition) is 1. The third kappa shape index (κ3) is 3.51. The summed E-state index contributed by atoms with van der Waals surface area (Å²) in [7, 11) is 0. The van der Waals surface area contributed by atoms with Crippen LogP contribution in [0, 0.1) is 11.7 Å². The zero-order valence-electron chi connectivity index (χ0n) is 7.76. The molecule has 0 amide bonds. The van der Waals surface area contributed by atoms with Crippen molar-refractivity contribution in [3.05, 3.63) is 35.6 Å². The Labute approximate surface area is 84.3 Å². The van der Waals surface area contributed by atoms with Crippen LogP contribution >= 0.6 is 0 Å². The zero-order valence-corrected chi connectivity index (χ0v) is 7.76. The third-order valence-corrected chi connectivity index (χ3v) is 2.05. The summed E-state index contributed by atoms with van der Waals surface area (Å²) in [5.74, 6) is -2.41. The van der Waals surface area contributed by atoms with Crippen LogP contribution in [0.2, 0.25) is 0 Å². The average Bonchev–Trinajstić information content (AvgIpc) is 2.12. The van der Waals surface area contributed by atoms with Gasteiger partial charge in [-0.15, -0.1) is 0 Å². The van der Waals surface area contributed by atoms with Gasteiger partial charge in [0.05, 0.1) is 12.5 Å². The van der Waals surface area contributed by atoms with Crippen molar-refractivity contribution in [2.24, 2.45) is 5.92 Å². The Bertz CT molecular complexity index is 321. The van der Waals surface area contributed by atoms with Crippen molar-refractivity contribution < 1.29 is 22.7 Å². The highest BCUT2D eigenvalue weighted by atomic mass is 19.4. The first-order valence-electron chi connectivity index (χ1n) is 4.35. The molecule has 1 rings (SSSR count). The van der Waals surface area contributed by atoms with Crippen LogP contribution in [0.1, 0.15) is 5.56 Å². The molecule has 0 bridgehead atoms. The minimum Gasteiger partial charge on any atom is -0.396 e. The number of hydrogen-bond acceptors (Lipinski definition) is 1. The molecule has 0 aliphatic heterocycles. The van der Waals surface area contributed by atoms with Crippen LogP contribution in [-0.4, -0.2) is 17.9 Å². The van der Waals surface area contributed by atoms with Crippen molar-refractivity contribution >= 4 is 0 Å². The minimum absolute atomic E-state index is 0.228. The van der Waals surface area contributed by atoms with E-state index in [4.69, 9.17) is 5.11 Å². The summed E-state index contributed by atoms with van der Waals surface area (Å²) in [5.41, 5.74) is 0.228. The maximum atomic E-state index is 12.7. The van der Waals surface area contributed by atoms with Gasteiger partial charge in [-0.25, -0.2) is 4.39 Å². The summed E-state index contributed by atoms with van der Waals surface area (Å²) >= 11 is 0. The molecule has 1 nitrogen and oxygen atoms in total. The van der Waals surface area contributed by atoms with Gasteiger partial charge in [-0.05, 0) is 24.1 Å². The molecule has 0 saturated carbocycles. The molecule has 0 heterocycles. The van der Waals surface area contributed by atoms with Crippen molar-refractivity contribution in [1.29, 1.82) is 0 Å². The lowest BCUT2D eigenvalue weighted by Crippen LogP contribution is -2.28.